The van der Waals surface area contributed by atoms with E-state index in [9.17, 15) is 10.1 Å². The van der Waals surface area contributed by atoms with Crippen molar-refractivity contribution in [2.45, 2.75) is 12.1 Å². The van der Waals surface area contributed by atoms with Gasteiger partial charge in [0.1, 0.15) is 17.6 Å². The Hall–Kier alpha value is -3.30. The number of nitro groups is 1. The maximum Gasteiger partial charge on any atom is 0.280 e. The highest BCUT2D eigenvalue weighted by Crippen LogP contribution is 2.41. The van der Waals surface area contributed by atoms with Crippen molar-refractivity contribution in [2.75, 3.05) is 27.2 Å². The normalized spacial score (nSPS) is 18.4. The van der Waals surface area contributed by atoms with Crippen LogP contribution in [-0.2, 0) is 0 Å². The molecule has 4 rings (SSSR count). The minimum absolute atomic E-state index is 0.00853. The fourth-order valence-corrected chi connectivity index (χ4v) is 4.09. The van der Waals surface area contributed by atoms with Crippen molar-refractivity contribution in [3.63, 3.8) is 0 Å². The van der Waals surface area contributed by atoms with Crippen molar-refractivity contribution >= 4 is 23.0 Å². The summed E-state index contributed by atoms with van der Waals surface area (Å²) in [7, 11) is 4.02. The van der Waals surface area contributed by atoms with Gasteiger partial charge >= 0.3 is 0 Å². The maximum absolute atomic E-state index is 11.5. The number of aromatic nitrogens is 1. The predicted molar refractivity (Wildman–Crippen MR) is 122 cm³/mol. The Labute approximate surface area is 185 Å². The van der Waals surface area contributed by atoms with Crippen LogP contribution in [0.4, 0.5) is 5.69 Å². The van der Waals surface area contributed by atoms with E-state index in [1.54, 1.807) is 30.5 Å². The molecule has 1 aromatic carbocycles. The number of nitrogens with zero attached hydrogens (tertiary/aromatic N) is 4. The summed E-state index contributed by atoms with van der Waals surface area (Å²) in [6.07, 6.45) is 1.75. The number of nitrogens with one attached hydrogen (secondary N) is 1. The number of para-hydroxylation sites is 1. The molecule has 9 heteroatoms. The molecule has 0 radical (unpaired) electrons. The molecule has 0 spiro atoms. The van der Waals surface area contributed by atoms with Gasteiger partial charge in [-0.2, -0.15) is 0 Å². The molecule has 2 atom stereocenters. The Morgan fingerprint density at radius 2 is 1.97 bits per heavy atom. The van der Waals surface area contributed by atoms with E-state index in [1.807, 2.05) is 38.4 Å². The average Bonchev–Trinajstić information content (AvgIpc) is 3.37. The SMILES string of the molecule is CN(C)CCN1C(=S)N[C@H](c2ccccn2)[C@@H]1c1ccc(-c2ccccc2[N+](=O)[O-])o1. The van der Waals surface area contributed by atoms with Gasteiger partial charge in [-0.15, -0.1) is 0 Å². The van der Waals surface area contributed by atoms with Crippen LogP contribution in [0.25, 0.3) is 11.3 Å². The molecule has 8 nitrogen and oxygen atoms in total. The molecular weight excluding hydrogens is 414 g/mol. The van der Waals surface area contributed by atoms with E-state index < -0.39 is 4.92 Å². The molecule has 160 valence electrons. The van der Waals surface area contributed by atoms with Crippen molar-refractivity contribution in [1.82, 2.24) is 20.1 Å². The van der Waals surface area contributed by atoms with Gasteiger partial charge in [0.15, 0.2) is 5.11 Å². The third-order valence-electron chi connectivity index (χ3n) is 5.27. The number of benzene rings is 1. The van der Waals surface area contributed by atoms with E-state index >= 15 is 0 Å². The fourth-order valence-electron chi connectivity index (χ4n) is 3.76. The van der Waals surface area contributed by atoms with Gasteiger partial charge in [0, 0.05) is 25.4 Å². The van der Waals surface area contributed by atoms with E-state index in [4.69, 9.17) is 16.6 Å². The lowest BCUT2D eigenvalue weighted by molar-refractivity contribution is -0.384. The number of nitro benzene ring substituents is 1. The van der Waals surface area contributed by atoms with E-state index in [2.05, 4.69) is 20.1 Å². The van der Waals surface area contributed by atoms with Crippen molar-refractivity contribution in [3.8, 4) is 11.3 Å². The first-order valence-corrected chi connectivity index (χ1v) is 10.3. The zero-order valence-corrected chi connectivity index (χ0v) is 18.1. The van der Waals surface area contributed by atoms with Crippen LogP contribution in [-0.4, -0.2) is 52.0 Å². The molecule has 2 aromatic heterocycles. The lowest BCUT2D eigenvalue weighted by Crippen LogP contribution is -2.35. The first kappa shape index (κ1) is 21.0. The summed E-state index contributed by atoms with van der Waals surface area (Å²) >= 11 is 5.64. The Balaban J connectivity index is 1.73. The van der Waals surface area contributed by atoms with Crippen LogP contribution < -0.4 is 5.32 Å². The summed E-state index contributed by atoms with van der Waals surface area (Å²) in [4.78, 5) is 19.8. The molecule has 0 unspecified atom stereocenters. The Kier molecular flexibility index (Phi) is 5.97. The van der Waals surface area contributed by atoms with Crippen LogP contribution in [0.5, 0.6) is 0 Å². The Morgan fingerprint density at radius 1 is 1.19 bits per heavy atom. The molecule has 1 saturated heterocycles. The van der Waals surface area contributed by atoms with Crippen LogP contribution in [0.3, 0.4) is 0 Å². The average molecular weight is 438 g/mol. The first-order chi connectivity index (χ1) is 15.0. The lowest BCUT2D eigenvalue weighted by Gasteiger charge is -2.27. The van der Waals surface area contributed by atoms with Gasteiger partial charge in [-0.3, -0.25) is 15.1 Å². The van der Waals surface area contributed by atoms with E-state index in [1.165, 1.54) is 6.07 Å². The van der Waals surface area contributed by atoms with E-state index in [0.29, 0.717) is 28.7 Å². The number of likely N-dealkylation sites (N-methyl/N-ethyl adjacent to an activating group) is 1. The molecular formula is C22H23N5O3S. The van der Waals surface area contributed by atoms with Crippen LogP contribution in [0, 0.1) is 10.1 Å². The maximum atomic E-state index is 11.5. The summed E-state index contributed by atoms with van der Waals surface area (Å²) in [6, 6.07) is 15.6. The van der Waals surface area contributed by atoms with Gasteiger partial charge in [-0.05, 0) is 56.6 Å². The highest BCUT2D eigenvalue weighted by molar-refractivity contribution is 7.80. The molecule has 1 fully saturated rings. The van der Waals surface area contributed by atoms with Crippen LogP contribution >= 0.6 is 12.2 Å². The molecule has 0 aliphatic carbocycles. The molecule has 0 bridgehead atoms. The van der Waals surface area contributed by atoms with Crippen molar-refractivity contribution in [1.29, 1.82) is 0 Å². The number of furan rings is 1. The quantitative estimate of drug-likeness (QED) is 0.339. The molecule has 1 aliphatic rings. The second kappa shape index (κ2) is 8.83. The van der Waals surface area contributed by atoms with Crippen LogP contribution in [0.1, 0.15) is 23.5 Å². The van der Waals surface area contributed by atoms with Gasteiger partial charge in [-0.1, -0.05) is 18.2 Å². The van der Waals surface area contributed by atoms with Crippen molar-refractivity contribution in [3.05, 3.63) is 82.4 Å². The number of hydrogen-bond acceptors (Lipinski definition) is 6. The second-order valence-corrected chi connectivity index (χ2v) is 7.99. The topological polar surface area (TPSA) is 87.7 Å². The summed E-state index contributed by atoms with van der Waals surface area (Å²) in [5, 5.41) is 15.5. The Bertz CT molecular complexity index is 1090. The lowest BCUT2D eigenvalue weighted by atomic mass is 10.0. The first-order valence-electron chi connectivity index (χ1n) is 9.92. The van der Waals surface area contributed by atoms with Crippen molar-refractivity contribution < 1.29 is 9.34 Å². The second-order valence-electron chi connectivity index (χ2n) is 7.60. The summed E-state index contributed by atoms with van der Waals surface area (Å²) in [5.74, 6) is 1.13. The zero-order chi connectivity index (χ0) is 22.0. The summed E-state index contributed by atoms with van der Waals surface area (Å²) in [6.45, 7) is 1.51. The highest BCUT2D eigenvalue weighted by atomic mass is 32.1. The minimum Gasteiger partial charge on any atom is -0.459 e. The number of rotatable bonds is 7. The minimum atomic E-state index is -0.399. The van der Waals surface area contributed by atoms with Gasteiger partial charge in [0.25, 0.3) is 5.69 Å². The summed E-state index contributed by atoms with van der Waals surface area (Å²) in [5.41, 5.74) is 1.31. The summed E-state index contributed by atoms with van der Waals surface area (Å²) < 4.78 is 6.19. The Morgan fingerprint density at radius 3 is 2.68 bits per heavy atom. The molecule has 1 aliphatic heterocycles. The van der Waals surface area contributed by atoms with E-state index in [0.717, 1.165) is 12.2 Å². The van der Waals surface area contributed by atoms with Crippen molar-refractivity contribution in [2.24, 2.45) is 0 Å². The largest absolute Gasteiger partial charge is 0.459 e. The van der Waals surface area contributed by atoms with Crippen LogP contribution in [0.2, 0.25) is 0 Å². The van der Waals surface area contributed by atoms with Gasteiger partial charge in [-0.25, -0.2) is 0 Å². The van der Waals surface area contributed by atoms with Gasteiger partial charge in [0.2, 0.25) is 0 Å². The predicted octanol–water partition coefficient (Wildman–Crippen LogP) is 3.78. The number of pyridine rings is 1. The number of thiocarbonyl (C=S) groups is 1. The fraction of sp³-hybridized carbons (Fsp3) is 0.273. The third-order valence-corrected chi connectivity index (χ3v) is 5.62. The van der Waals surface area contributed by atoms with Gasteiger partial charge < -0.3 is 19.5 Å². The molecule has 3 heterocycles. The highest BCUT2D eigenvalue weighted by Gasteiger charge is 2.41. The zero-order valence-electron chi connectivity index (χ0n) is 17.3. The van der Waals surface area contributed by atoms with E-state index in [-0.39, 0.29) is 17.8 Å². The molecule has 3 aromatic rings. The monoisotopic (exact) mass is 437 g/mol. The standard InChI is InChI=1S/C22H23N5O3S/c1-25(2)13-14-26-21(20(24-22(26)31)16-8-5-6-12-23-16)19-11-10-18(30-19)15-7-3-4-9-17(15)27(28)29/h3-12,20-21H,13-14H2,1-2H3,(H,24,31)/t20-,21+/m1/s1. The molecule has 1 N–H and O–H groups in total. The molecule has 0 saturated carbocycles. The molecule has 0 amide bonds. The van der Waals surface area contributed by atoms with Crippen LogP contribution in [0.15, 0.2) is 65.2 Å². The van der Waals surface area contributed by atoms with Gasteiger partial charge in [0.05, 0.1) is 22.2 Å². The third kappa shape index (κ3) is 4.28. The smallest absolute Gasteiger partial charge is 0.280 e. The number of hydrogen-bond donors (Lipinski definition) is 1. The molecule has 31 heavy (non-hydrogen) atoms.